The summed E-state index contributed by atoms with van der Waals surface area (Å²) < 4.78 is 42.5. The van der Waals surface area contributed by atoms with Crippen molar-refractivity contribution in [3.63, 3.8) is 0 Å². The number of benzene rings is 2. The molecule has 0 aliphatic carbocycles. The van der Waals surface area contributed by atoms with Gasteiger partial charge < -0.3 is 25.7 Å². The van der Waals surface area contributed by atoms with E-state index in [-0.39, 0.29) is 22.6 Å². The highest BCUT2D eigenvalue weighted by Crippen LogP contribution is 2.22. The number of halogens is 3. The molecule has 0 saturated heterocycles. The van der Waals surface area contributed by atoms with Crippen LogP contribution in [0.3, 0.4) is 0 Å². The Balaban J connectivity index is 1.70. The third-order valence-corrected chi connectivity index (χ3v) is 4.32. The number of ether oxygens (including phenoxy) is 1. The molecule has 1 heterocycles. The third kappa shape index (κ3) is 4.86. The van der Waals surface area contributed by atoms with Gasteiger partial charge in [0.1, 0.15) is 17.3 Å². The predicted molar refractivity (Wildman–Crippen MR) is 107 cm³/mol. The molecule has 166 valence electrons. The number of nitrogens with one attached hydrogen (secondary N) is 2. The van der Waals surface area contributed by atoms with Crippen molar-refractivity contribution >= 4 is 29.1 Å². The number of hydrogen-bond acceptors (Lipinski definition) is 5. The number of anilines is 2. The van der Waals surface area contributed by atoms with Crippen LogP contribution in [-0.4, -0.2) is 41.3 Å². The molecule has 4 N–H and O–H groups in total. The molecule has 1 aromatic heterocycles. The lowest BCUT2D eigenvalue weighted by Gasteiger charge is -2.17. The molecule has 0 radical (unpaired) electrons. The Bertz CT molecular complexity index is 1160. The average Bonchev–Trinajstić information content (AvgIpc) is 3.23. The number of aromatic nitrogens is 2. The van der Waals surface area contributed by atoms with Gasteiger partial charge in [-0.2, -0.15) is 8.78 Å². The van der Waals surface area contributed by atoms with E-state index < -0.39 is 35.9 Å². The number of imidazole rings is 1. The molecule has 3 amide bonds. The average molecular weight is 447 g/mol. The molecule has 32 heavy (non-hydrogen) atoms. The molecule has 3 rings (SSSR count). The van der Waals surface area contributed by atoms with Crippen molar-refractivity contribution in [2.24, 2.45) is 5.73 Å². The standard InChI is InChI=1S/C20H16F3N5O4/c1-28(19(31)16-15(17(24)29)25-9-26-16)11-4-2-10(3-5-11)27-18(30)13-7-6-12(8-14(13)21)32-20(22)23/h2-9,20H,1H3,(H2,24,29)(H,25,26)(H,27,30). The SMILES string of the molecule is CN(C(=O)c1nc[nH]c1C(N)=O)c1ccc(NC(=O)c2ccc(OC(F)F)cc2F)cc1. The maximum Gasteiger partial charge on any atom is 0.387 e. The van der Waals surface area contributed by atoms with Gasteiger partial charge in [-0.1, -0.05) is 0 Å². The number of alkyl halides is 2. The van der Waals surface area contributed by atoms with Gasteiger partial charge in [-0.3, -0.25) is 14.4 Å². The minimum absolute atomic E-state index is 0.127. The van der Waals surface area contributed by atoms with Crippen molar-refractivity contribution in [2.45, 2.75) is 6.61 Å². The second-order valence-corrected chi connectivity index (χ2v) is 6.38. The van der Waals surface area contributed by atoms with E-state index in [1.54, 1.807) is 0 Å². The number of carbonyl (C=O) groups excluding carboxylic acids is 3. The largest absolute Gasteiger partial charge is 0.435 e. The van der Waals surface area contributed by atoms with Crippen molar-refractivity contribution in [1.29, 1.82) is 0 Å². The third-order valence-electron chi connectivity index (χ3n) is 4.32. The van der Waals surface area contributed by atoms with Crippen LogP contribution in [0.2, 0.25) is 0 Å². The zero-order valence-electron chi connectivity index (χ0n) is 16.4. The second-order valence-electron chi connectivity index (χ2n) is 6.38. The predicted octanol–water partition coefficient (Wildman–Crippen LogP) is 2.78. The number of primary amides is 1. The Morgan fingerprint density at radius 2 is 1.84 bits per heavy atom. The number of hydrogen-bond donors (Lipinski definition) is 3. The minimum Gasteiger partial charge on any atom is -0.435 e. The summed E-state index contributed by atoms with van der Waals surface area (Å²) in [6.45, 7) is -3.12. The smallest absolute Gasteiger partial charge is 0.387 e. The zero-order chi connectivity index (χ0) is 23.4. The first-order valence-electron chi connectivity index (χ1n) is 8.94. The van der Waals surface area contributed by atoms with E-state index in [0.717, 1.165) is 12.1 Å². The molecule has 0 saturated carbocycles. The lowest BCUT2D eigenvalue weighted by molar-refractivity contribution is -0.0500. The Hall–Kier alpha value is -4.35. The van der Waals surface area contributed by atoms with Gasteiger partial charge in [-0.15, -0.1) is 0 Å². The molecular weight excluding hydrogens is 431 g/mol. The molecule has 3 aromatic rings. The summed E-state index contributed by atoms with van der Waals surface area (Å²) in [7, 11) is 1.45. The van der Waals surface area contributed by atoms with Crippen LogP contribution in [0.4, 0.5) is 24.5 Å². The quantitative estimate of drug-likeness (QED) is 0.513. The van der Waals surface area contributed by atoms with Crippen molar-refractivity contribution in [2.75, 3.05) is 17.3 Å². The van der Waals surface area contributed by atoms with E-state index in [4.69, 9.17) is 5.73 Å². The van der Waals surface area contributed by atoms with Gasteiger partial charge in [0.25, 0.3) is 17.7 Å². The Labute approximate surface area is 179 Å². The summed E-state index contributed by atoms with van der Waals surface area (Å²) in [4.78, 5) is 43.8. The Morgan fingerprint density at radius 1 is 1.16 bits per heavy atom. The molecule has 0 fully saturated rings. The van der Waals surface area contributed by atoms with Crippen LogP contribution >= 0.6 is 0 Å². The normalized spacial score (nSPS) is 10.7. The van der Waals surface area contributed by atoms with E-state index in [2.05, 4.69) is 20.0 Å². The molecule has 2 aromatic carbocycles. The van der Waals surface area contributed by atoms with Crippen molar-refractivity contribution in [3.05, 3.63) is 71.6 Å². The summed E-state index contributed by atoms with van der Waals surface area (Å²) in [6.07, 6.45) is 1.17. The fraction of sp³-hybridized carbons (Fsp3) is 0.100. The molecular formula is C20H16F3N5O4. The molecule has 0 unspecified atom stereocenters. The van der Waals surface area contributed by atoms with Crippen LogP contribution in [0, 0.1) is 5.82 Å². The highest BCUT2D eigenvalue weighted by atomic mass is 19.3. The van der Waals surface area contributed by atoms with Crippen molar-refractivity contribution in [3.8, 4) is 5.75 Å². The summed E-state index contributed by atoms with van der Waals surface area (Å²) >= 11 is 0. The second kappa shape index (κ2) is 9.20. The van der Waals surface area contributed by atoms with E-state index in [1.807, 2.05) is 0 Å². The van der Waals surface area contributed by atoms with Gasteiger partial charge in [-0.05, 0) is 36.4 Å². The van der Waals surface area contributed by atoms with E-state index in [9.17, 15) is 27.6 Å². The monoisotopic (exact) mass is 447 g/mol. The number of amides is 3. The molecule has 0 aliphatic rings. The maximum atomic E-state index is 14.1. The Morgan fingerprint density at radius 3 is 2.44 bits per heavy atom. The summed E-state index contributed by atoms with van der Waals surface area (Å²) in [5, 5.41) is 2.46. The molecule has 0 spiro atoms. The van der Waals surface area contributed by atoms with E-state index in [1.165, 1.54) is 42.5 Å². The number of carbonyl (C=O) groups is 3. The van der Waals surface area contributed by atoms with Crippen LogP contribution in [0.15, 0.2) is 48.8 Å². The van der Waals surface area contributed by atoms with E-state index in [0.29, 0.717) is 11.8 Å². The topological polar surface area (TPSA) is 130 Å². The van der Waals surface area contributed by atoms with Gasteiger partial charge in [0.2, 0.25) is 0 Å². The number of nitrogens with two attached hydrogens (primary N) is 1. The summed E-state index contributed by atoms with van der Waals surface area (Å²) in [5.74, 6) is -3.69. The molecule has 0 atom stereocenters. The van der Waals surface area contributed by atoms with Gasteiger partial charge >= 0.3 is 6.61 Å². The summed E-state index contributed by atoms with van der Waals surface area (Å²) in [5.41, 5.74) is 5.24. The van der Waals surface area contributed by atoms with Gasteiger partial charge in [0.05, 0.1) is 11.9 Å². The van der Waals surface area contributed by atoms with Crippen LogP contribution < -0.4 is 20.7 Å². The number of aromatic amines is 1. The fourth-order valence-corrected chi connectivity index (χ4v) is 2.74. The lowest BCUT2D eigenvalue weighted by Crippen LogP contribution is -2.29. The summed E-state index contributed by atoms with van der Waals surface area (Å²) in [6, 6.07) is 8.66. The first-order chi connectivity index (χ1) is 15.2. The van der Waals surface area contributed by atoms with Crippen molar-refractivity contribution in [1.82, 2.24) is 9.97 Å². The van der Waals surface area contributed by atoms with E-state index >= 15 is 0 Å². The van der Waals surface area contributed by atoms with Crippen LogP contribution in [-0.2, 0) is 0 Å². The highest BCUT2D eigenvalue weighted by Gasteiger charge is 2.22. The van der Waals surface area contributed by atoms with Crippen LogP contribution in [0.25, 0.3) is 0 Å². The van der Waals surface area contributed by atoms with Gasteiger partial charge in [0, 0.05) is 24.5 Å². The molecule has 0 bridgehead atoms. The minimum atomic E-state index is -3.12. The molecule has 12 heteroatoms. The molecule has 0 aliphatic heterocycles. The number of nitrogens with zero attached hydrogens (tertiary/aromatic N) is 2. The van der Waals surface area contributed by atoms with Gasteiger partial charge in [0.15, 0.2) is 5.69 Å². The maximum absolute atomic E-state index is 14.1. The van der Waals surface area contributed by atoms with Gasteiger partial charge in [-0.25, -0.2) is 9.37 Å². The molecule has 9 nitrogen and oxygen atoms in total. The van der Waals surface area contributed by atoms with Crippen LogP contribution in [0.1, 0.15) is 31.3 Å². The highest BCUT2D eigenvalue weighted by molar-refractivity contribution is 6.11. The Kier molecular flexibility index (Phi) is 6.42. The lowest BCUT2D eigenvalue weighted by atomic mass is 10.1. The zero-order valence-corrected chi connectivity index (χ0v) is 16.4. The number of rotatable bonds is 7. The van der Waals surface area contributed by atoms with Crippen LogP contribution in [0.5, 0.6) is 5.75 Å². The van der Waals surface area contributed by atoms with Crippen molar-refractivity contribution < 1.29 is 32.3 Å². The number of H-pyrrole nitrogens is 1. The first kappa shape index (κ1) is 22.3. The first-order valence-corrected chi connectivity index (χ1v) is 8.94. The fourth-order valence-electron chi connectivity index (χ4n) is 2.74.